The molecule has 0 aliphatic heterocycles. The standard InChI is InChI=1S/C9H12N2S/c1-4-7-8(5-10)12-9(11-7)6(2)3/h6H,4H2,1-3H3. The zero-order valence-electron chi connectivity index (χ0n) is 7.59. The molecule has 0 saturated carbocycles. The topological polar surface area (TPSA) is 36.7 Å². The first-order chi connectivity index (χ1) is 5.69. The van der Waals surface area contributed by atoms with Crippen LogP contribution in [0, 0.1) is 11.3 Å². The van der Waals surface area contributed by atoms with E-state index in [1.54, 1.807) is 0 Å². The normalized spacial score (nSPS) is 10.2. The van der Waals surface area contributed by atoms with Crippen molar-refractivity contribution < 1.29 is 0 Å². The van der Waals surface area contributed by atoms with Gasteiger partial charge in [-0.1, -0.05) is 20.8 Å². The molecule has 0 aromatic carbocycles. The number of aromatic nitrogens is 1. The third-order valence-corrected chi connectivity index (χ3v) is 2.95. The summed E-state index contributed by atoms with van der Waals surface area (Å²) < 4.78 is 0. The van der Waals surface area contributed by atoms with Crippen molar-refractivity contribution in [3.05, 3.63) is 15.6 Å². The van der Waals surface area contributed by atoms with E-state index in [2.05, 4.69) is 24.9 Å². The maximum absolute atomic E-state index is 8.77. The number of hydrogen-bond donors (Lipinski definition) is 0. The Kier molecular flexibility index (Phi) is 2.83. The number of thiazole rings is 1. The van der Waals surface area contributed by atoms with Crippen molar-refractivity contribution >= 4 is 11.3 Å². The third kappa shape index (κ3) is 1.64. The van der Waals surface area contributed by atoms with E-state index in [-0.39, 0.29) is 0 Å². The van der Waals surface area contributed by atoms with Gasteiger partial charge in [0.1, 0.15) is 10.9 Å². The van der Waals surface area contributed by atoms with E-state index in [4.69, 9.17) is 5.26 Å². The van der Waals surface area contributed by atoms with Gasteiger partial charge in [0.05, 0.1) is 10.7 Å². The highest BCUT2D eigenvalue weighted by Crippen LogP contribution is 2.24. The van der Waals surface area contributed by atoms with Crippen LogP contribution in [0.2, 0.25) is 0 Å². The third-order valence-electron chi connectivity index (χ3n) is 1.64. The van der Waals surface area contributed by atoms with Gasteiger partial charge in [0.25, 0.3) is 0 Å². The first-order valence-electron chi connectivity index (χ1n) is 4.08. The lowest BCUT2D eigenvalue weighted by Gasteiger charge is -1.95. The summed E-state index contributed by atoms with van der Waals surface area (Å²) in [5.74, 6) is 0.433. The van der Waals surface area contributed by atoms with E-state index in [1.165, 1.54) is 11.3 Å². The van der Waals surface area contributed by atoms with Gasteiger partial charge >= 0.3 is 0 Å². The van der Waals surface area contributed by atoms with E-state index in [0.717, 1.165) is 22.0 Å². The van der Waals surface area contributed by atoms with Crippen molar-refractivity contribution in [2.75, 3.05) is 0 Å². The lowest BCUT2D eigenvalue weighted by molar-refractivity contribution is 0.839. The van der Waals surface area contributed by atoms with Gasteiger partial charge in [0.15, 0.2) is 0 Å². The molecule has 1 aromatic heterocycles. The largest absolute Gasteiger partial charge is 0.245 e. The summed E-state index contributed by atoms with van der Waals surface area (Å²) in [6, 6.07) is 2.18. The molecule has 0 spiro atoms. The molecule has 0 amide bonds. The number of hydrogen-bond acceptors (Lipinski definition) is 3. The van der Waals surface area contributed by atoms with E-state index >= 15 is 0 Å². The molecule has 0 saturated heterocycles. The van der Waals surface area contributed by atoms with Gasteiger partial charge in [-0.3, -0.25) is 0 Å². The molecule has 1 rings (SSSR count). The summed E-state index contributed by atoms with van der Waals surface area (Å²) in [6.07, 6.45) is 0.853. The minimum absolute atomic E-state index is 0.433. The highest BCUT2D eigenvalue weighted by Gasteiger charge is 2.10. The molecular formula is C9H12N2S. The molecule has 0 unspecified atom stereocenters. The van der Waals surface area contributed by atoms with Gasteiger partial charge in [-0.2, -0.15) is 5.26 Å². The van der Waals surface area contributed by atoms with Crippen LogP contribution in [0.15, 0.2) is 0 Å². The minimum Gasteiger partial charge on any atom is -0.245 e. The predicted octanol–water partition coefficient (Wildman–Crippen LogP) is 2.70. The Morgan fingerprint density at radius 2 is 2.25 bits per heavy atom. The van der Waals surface area contributed by atoms with E-state index in [0.29, 0.717) is 5.92 Å². The van der Waals surface area contributed by atoms with Crippen LogP contribution in [-0.2, 0) is 6.42 Å². The predicted molar refractivity (Wildman–Crippen MR) is 50.3 cm³/mol. The SMILES string of the molecule is CCc1nc(C(C)C)sc1C#N. The minimum atomic E-state index is 0.433. The van der Waals surface area contributed by atoms with Crippen molar-refractivity contribution in [2.24, 2.45) is 0 Å². The average molecular weight is 180 g/mol. The molecule has 0 bridgehead atoms. The van der Waals surface area contributed by atoms with Gasteiger partial charge in [0.2, 0.25) is 0 Å². The van der Waals surface area contributed by atoms with Crippen LogP contribution in [0.3, 0.4) is 0 Å². The second-order valence-corrected chi connectivity index (χ2v) is 3.98. The molecular weight excluding hydrogens is 168 g/mol. The number of aryl methyl sites for hydroxylation is 1. The Hall–Kier alpha value is -0.880. The monoisotopic (exact) mass is 180 g/mol. The van der Waals surface area contributed by atoms with Gasteiger partial charge in [-0.15, -0.1) is 11.3 Å². The number of nitriles is 1. The Morgan fingerprint density at radius 3 is 2.58 bits per heavy atom. The smallest absolute Gasteiger partial charge is 0.128 e. The molecule has 0 N–H and O–H groups in total. The van der Waals surface area contributed by atoms with Gasteiger partial charge in [0, 0.05) is 5.92 Å². The van der Waals surface area contributed by atoms with Crippen LogP contribution >= 0.6 is 11.3 Å². The van der Waals surface area contributed by atoms with E-state index < -0.39 is 0 Å². The average Bonchev–Trinajstić information content (AvgIpc) is 2.46. The molecule has 0 atom stereocenters. The van der Waals surface area contributed by atoms with Crippen molar-refractivity contribution in [3.8, 4) is 6.07 Å². The molecule has 12 heavy (non-hydrogen) atoms. The zero-order valence-corrected chi connectivity index (χ0v) is 8.40. The maximum atomic E-state index is 8.77. The highest BCUT2D eigenvalue weighted by atomic mass is 32.1. The fourth-order valence-electron chi connectivity index (χ4n) is 0.944. The van der Waals surface area contributed by atoms with E-state index in [9.17, 15) is 0 Å². The molecule has 3 heteroatoms. The van der Waals surface area contributed by atoms with Crippen molar-refractivity contribution in [1.29, 1.82) is 5.26 Å². The molecule has 0 radical (unpaired) electrons. The first kappa shape index (κ1) is 9.21. The Morgan fingerprint density at radius 1 is 1.58 bits per heavy atom. The summed E-state index contributed by atoms with van der Waals surface area (Å²) in [5, 5.41) is 9.84. The van der Waals surface area contributed by atoms with Crippen molar-refractivity contribution in [1.82, 2.24) is 4.98 Å². The summed E-state index contributed by atoms with van der Waals surface area (Å²) in [5.41, 5.74) is 0.950. The van der Waals surface area contributed by atoms with E-state index in [1.807, 2.05) is 6.92 Å². The summed E-state index contributed by atoms with van der Waals surface area (Å²) in [6.45, 7) is 6.22. The summed E-state index contributed by atoms with van der Waals surface area (Å²) in [7, 11) is 0. The lowest BCUT2D eigenvalue weighted by atomic mass is 10.2. The second kappa shape index (κ2) is 3.68. The molecule has 0 aliphatic rings. The molecule has 1 aromatic rings. The molecule has 0 fully saturated rings. The van der Waals surface area contributed by atoms with Gasteiger partial charge in [-0.05, 0) is 6.42 Å². The maximum Gasteiger partial charge on any atom is 0.128 e. The quantitative estimate of drug-likeness (QED) is 0.701. The highest BCUT2D eigenvalue weighted by molar-refractivity contribution is 7.12. The van der Waals surface area contributed by atoms with Crippen molar-refractivity contribution in [3.63, 3.8) is 0 Å². The fraction of sp³-hybridized carbons (Fsp3) is 0.556. The van der Waals surface area contributed by atoms with Crippen molar-refractivity contribution in [2.45, 2.75) is 33.1 Å². The molecule has 1 heterocycles. The fourth-order valence-corrected chi connectivity index (χ4v) is 1.90. The van der Waals surface area contributed by atoms with Crippen LogP contribution in [0.25, 0.3) is 0 Å². The Bertz CT molecular complexity index is 307. The molecule has 64 valence electrons. The second-order valence-electron chi connectivity index (χ2n) is 2.95. The molecule has 2 nitrogen and oxygen atoms in total. The first-order valence-corrected chi connectivity index (χ1v) is 4.90. The number of nitrogens with zero attached hydrogens (tertiary/aromatic N) is 2. The Labute approximate surface area is 76.9 Å². The van der Waals surface area contributed by atoms with Crippen LogP contribution in [0.4, 0.5) is 0 Å². The van der Waals surface area contributed by atoms with Crippen LogP contribution in [-0.4, -0.2) is 4.98 Å². The van der Waals surface area contributed by atoms with Crippen LogP contribution in [0.1, 0.15) is 42.3 Å². The number of rotatable bonds is 2. The van der Waals surface area contributed by atoms with Gasteiger partial charge < -0.3 is 0 Å². The van der Waals surface area contributed by atoms with Crippen LogP contribution in [0.5, 0.6) is 0 Å². The van der Waals surface area contributed by atoms with Crippen LogP contribution < -0.4 is 0 Å². The summed E-state index contributed by atoms with van der Waals surface area (Å²) in [4.78, 5) is 5.17. The zero-order chi connectivity index (χ0) is 9.14. The van der Waals surface area contributed by atoms with Gasteiger partial charge in [-0.25, -0.2) is 4.98 Å². The summed E-state index contributed by atoms with van der Waals surface area (Å²) >= 11 is 1.52. The Balaban J connectivity index is 3.07. The lowest BCUT2D eigenvalue weighted by Crippen LogP contribution is -1.87. The molecule has 0 aliphatic carbocycles.